The van der Waals surface area contributed by atoms with Gasteiger partial charge in [0.2, 0.25) is 11.8 Å². The molecule has 3 aliphatic rings. The molecular weight excluding hydrogens is 524 g/mol. The standard InChI is InChI=1S/C31H39ClN6O2/c1-6-28(39)37-16-22(4)38(17-21(37)3)30-24-12-14-36(29-20(2)9-7-11-26(29)32)18-27(24)34-31(25(30)15-33)40-19-23-10-8-13-35(23)5/h6-7,9,11,21-23H,1,8,10,12-14,16-19H2,2-5H3/t21-,22+,23+/m1/s1. The zero-order valence-electron chi connectivity index (χ0n) is 24.0. The van der Waals surface area contributed by atoms with Crippen LogP contribution in [0, 0.1) is 18.3 Å². The van der Waals surface area contributed by atoms with Crippen molar-refractivity contribution in [2.75, 3.05) is 49.6 Å². The Bertz CT molecular complexity index is 1320. The van der Waals surface area contributed by atoms with Gasteiger partial charge in [0.1, 0.15) is 18.2 Å². The van der Waals surface area contributed by atoms with Crippen LogP contribution >= 0.6 is 11.6 Å². The first-order valence-electron chi connectivity index (χ1n) is 14.2. The predicted octanol–water partition coefficient (Wildman–Crippen LogP) is 4.56. The number of aryl methyl sites for hydroxylation is 1. The summed E-state index contributed by atoms with van der Waals surface area (Å²) >= 11 is 6.66. The van der Waals surface area contributed by atoms with Crippen molar-refractivity contribution in [2.45, 2.75) is 64.7 Å². The summed E-state index contributed by atoms with van der Waals surface area (Å²) in [5, 5.41) is 11.2. The number of halogens is 1. The molecule has 8 nitrogen and oxygen atoms in total. The van der Waals surface area contributed by atoms with Gasteiger partial charge >= 0.3 is 0 Å². The summed E-state index contributed by atoms with van der Waals surface area (Å²) in [7, 11) is 2.12. The Morgan fingerprint density at radius 2 is 2.05 bits per heavy atom. The van der Waals surface area contributed by atoms with E-state index in [9.17, 15) is 10.1 Å². The Hall–Kier alpha value is -3.28. The highest BCUT2D eigenvalue weighted by Gasteiger charge is 2.37. The maximum Gasteiger partial charge on any atom is 0.246 e. The van der Waals surface area contributed by atoms with Gasteiger partial charge in [-0.15, -0.1) is 0 Å². The first-order chi connectivity index (χ1) is 19.2. The molecule has 1 aromatic heterocycles. The molecule has 0 spiro atoms. The molecule has 0 N–H and O–H groups in total. The zero-order chi connectivity index (χ0) is 28.6. The lowest BCUT2D eigenvalue weighted by Crippen LogP contribution is -2.58. The molecule has 3 atom stereocenters. The van der Waals surface area contributed by atoms with Crippen LogP contribution in [-0.2, 0) is 17.8 Å². The smallest absolute Gasteiger partial charge is 0.246 e. The maximum absolute atomic E-state index is 12.5. The third-order valence-corrected chi connectivity index (χ3v) is 9.03. The van der Waals surface area contributed by atoms with Gasteiger partial charge in [-0.1, -0.05) is 30.3 Å². The highest BCUT2D eigenvalue weighted by atomic mass is 35.5. The number of nitrogens with zero attached hydrogens (tertiary/aromatic N) is 6. The number of hydrogen-bond acceptors (Lipinski definition) is 7. The van der Waals surface area contributed by atoms with Crippen molar-refractivity contribution in [3.63, 3.8) is 0 Å². The number of hydrogen-bond donors (Lipinski definition) is 0. The van der Waals surface area contributed by atoms with Gasteiger partial charge in [0, 0.05) is 43.3 Å². The van der Waals surface area contributed by atoms with E-state index in [0.29, 0.717) is 43.7 Å². The van der Waals surface area contributed by atoms with Crippen LogP contribution in [0.15, 0.2) is 30.9 Å². The minimum absolute atomic E-state index is 0.0105. The van der Waals surface area contributed by atoms with Crippen molar-refractivity contribution in [3.05, 3.63) is 58.3 Å². The first kappa shape index (κ1) is 28.3. The summed E-state index contributed by atoms with van der Waals surface area (Å²) < 4.78 is 6.38. The van der Waals surface area contributed by atoms with Crippen LogP contribution in [0.5, 0.6) is 5.88 Å². The summed E-state index contributed by atoms with van der Waals surface area (Å²) in [4.78, 5) is 26.3. The number of aromatic nitrogens is 1. The molecule has 3 aliphatic heterocycles. The lowest BCUT2D eigenvalue weighted by atomic mass is 9.95. The van der Waals surface area contributed by atoms with Crippen molar-refractivity contribution in [3.8, 4) is 11.9 Å². The fraction of sp³-hybridized carbons (Fsp3) is 0.516. The number of likely N-dealkylation sites (tertiary alicyclic amines) is 1. The molecule has 1 aromatic carbocycles. The number of benzene rings is 1. The van der Waals surface area contributed by atoms with E-state index in [-0.39, 0.29) is 18.0 Å². The second-order valence-corrected chi connectivity index (χ2v) is 11.8. The summed E-state index contributed by atoms with van der Waals surface area (Å²) in [5.41, 5.74) is 5.54. The van der Waals surface area contributed by atoms with Crippen LogP contribution < -0.4 is 14.5 Å². The van der Waals surface area contributed by atoms with Gasteiger partial charge in [0.25, 0.3) is 0 Å². The van der Waals surface area contributed by atoms with Gasteiger partial charge < -0.3 is 24.3 Å². The van der Waals surface area contributed by atoms with Crippen molar-refractivity contribution < 1.29 is 9.53 Å². The number of piperazine rings is 1. The van der Waals surface area contributed by atoms with Gasteiger partial charge in [0.05, 0.1) is 28.6 Å². The molecule has 9 heteroatoms. The molecule has 212 valence electrons. The highest BCUT2D eigenvalue weighted by molar-refractivity contribution is 6.33. The van der Waals surface area contributed by atoms with Gasteiger partial charge in [-0.3, -0.25) is 4.79 Å². The van der Waals surface area contributed by atoms with Crippen LogP contribution in [0.25, 0.3) is 0 Å². The normalized spacial score (nSPS) is 23.1. The van der Waals surface area contributed by atoms with E-state index in [4.69, 9.17) is 21.3 Å². The quantitative estimate of drug-likeness (QED) is 0.478. The van der Waals surface area contributed by atoms with E-state index in [1.54, 1.807) is 0 Å². The van der Waals surface area contributed by atoms with Crippen molar-refractivity contribution in [1.82, 2.24) is 14.8 Å². The number of anilines is 2. The summed E-state index contributed by atoms with van der Waals surface area (Å²) in [6.07, 6.45) is 4.33. The molecule has 2 fully saturated rings. The first-order valence-corrected chi connectivity index (χ1v) is 14.6. The van der Waals surface area contributed by atoms with E-state index in [1.165, 1.54) is 6.08 Å². The van der Waals surface area contributed by atoms with E-state index >= 15 is 0 Å². The second-order valence-electron chi connectivity index (χ2n) is 11.4. The van der Waals surface area contributed by atoms with Gasteiger partial charge in [0.15, 0.2) is 0 Å². The van der Waals surface area contributed by atoms with E-state index < -0.39 is 0 Å². The van der Waals surface area contributed by atoms with E-state index in [1.807, 2.05) is 17.0 Å². The third-order valence-electron chi connectivity index (χ3n) is 8.73. The fourth-order valence-electron chi connectivity index (χ4n) is 6.50. The van der Waals surface area contributed by atoms with Crippen molar-refractivity contribution >= 4 is 28.9 Å². The van der Waals surface area contributed by atoms with Gasteiger partial charge in [-0.25, -0.2) is 4.98 Å². The minimum atomic E-state index is -0.0632. The van der Waals surface area contributed by atoms with Crippen molar-refractivity contribution in [2.24, 2.45) is 0 Å². The lowest BCUT2D eigenvalue weighted by molar-refractivity contribution is -0.128. The second kappa shape index (κ2) is 11.7. The van der Waals surface area contributed by atoms with Crippen LogP contribution in [0.1, 0.15) is 49.1 Å². The number of carbonyl (C=O) groups excluding carboxylic acids is 1. The number of nitriles is 1. The molecular formula is C31H39ClN6O2. The summed E-state index contributed by atoms with van der Waals surface area (Å²) in [6.45, 7) is 14.0. The molecule has 40 heavy (non-hydrogen) atoms. The Labute approximate surface area is 242 Å². The average Bonchev–Trinajstić information content (AvgIpc) is 3.35. The predicted molar refractivity (Wildman–Crippen MR) is 159 cm³/mol. The number of fused-ring (bicyclic) bond motifs is 1. The summed E-state index contributed by atoms with van der Waals surface area (Å²) in [6, 6.07) is 8.73. The molecule has 1 amide bonds. The third kappa shape index (κ3) is 5.25. The highest BCUT2D eigenvalue weighted by Crippen LogP contribution is 2.41. The Kier molecular flexibility index (Phi) is 8.25. The molecule has 0 radical (unpaired) electrons. The zero-order valence-corrected chi connectivity index (χ0v) is 24.7. The molecule has 5 rings (SSSR count). The Morgan fingerprint density at radius 3 is 2.73 bits per heavy atom. The number of ether oxygens (including phenoxy) is 1. The number of rotatable bonds is 6. The fourth-order valence-corrected chi connectivity index (χ4v) is 6.84. The SMILES string of the molecule is C=CC(=O)N1C[C@H](C)N(c2c(C#N)c(OC[C@@H]3CCCN3C)nc3c2CCN(c2c(C)cccc2Cl)C3)C[C@H]1C. The topological polar surface area (TPSA) is 75.9 Å². The van der Waals surface area contributed by atoms with Gasteiger partial charge in [-0.05, 0) is 71.3 Å². The maximum atomic E-state index is 12.5. The molecule has 2 saturated heterocycles. The molecule has 0 unspecified atom stereocenters. The van der Waals surface area contributed by atoms with Crippen molar-refractivity contribution in [1.29, 1.82) is 5.26 Å². The monoisotopic (exact) mass is 562 g/mol. The van der Waals surface area contributed by atoms with Crippen LogP contribution in [0.4, 0.5) is 11.4 Å². The van der Waals surface area contributed by atoms with Crippen LogP contribution in [0.2, 0.25) is 5.02 Å². The average molecular weight is 563 g/mol. The number of para-hydroxylation sites is 1. The number of carbonyl (C=O) groups is 1. The van der Waals surface area contributed by atoms with Crippen LogP contribution in [-0.4, -0.2) is 78.7 Å². The number of likely N-dealkylation sites (N-methyl/N-ethyl adjacent to an activating group) is 1. The summed E-state index contributed by atoms with van der Waals surface area (Å²) in [5.74, 6) is 0.338. The molecule has 0 aliphatic carbocycles. The molecule has 2 aromatic rings. The molecule has 0 saturated carbocycles. The minimum Gasteiger partial charge on any atom is -0.475 e. The van der Waals surface area contributed by atoms with E-state index in [2.05, 4.69) is 61.2 Å². The largest absolute Gasteiger partial charge is 0.475 e. The Balaban J connectivity index is 1.56. The molecule has 0 bridgehead atoms. The number of amides is 1. The number of pyridine rings is 1. The van der Waals surface area contributed by atoms with E-state index in [0.717, 1.165) is 65.6 Å². The molecule has 4 heterocycles. The Morgan fingerprint density at radius 1 is 1.25 bits per heavy atom. The van der Waals surface area contributed by atoms with Crippen LogP contribution in [0.3, 0.4) is 0 Å². The van der Waals surface area contributed by atoms with Gasteiger partial charge in [-0.2, -0.15) is 5.26 Å². The lowest BCUT2D eigenvalue weighted by Gasteiger charge is -2.46.